The lowest BCUT2D eigenvalue weighted by Crippen LogP contribution is -2.31. The summed E-state index contributed by atoms with van der Waals surface area (Å²) in [7, 11) is 0. The van der Waals surface area contributed by atoms with E-state index in [-0.39, 0.29) is 11.9 Å². The quantitative estimate of drug-likeness (QED) is 0.670. The zero-order chi connectivity index (χ0) is 18.1. The molecule has 0 spiro atoms. The van der Waals surface area contributed by atoms with Crippen molar-refractivity contribution in [2.24, 2.45) is 0 Å². The highest BCUT2D eigenvalue weighted by molar-refractivity contribution is 6.07. The molecule has 2 aromatic heterocycles. The van der Waals surface area contributed by atoms with Crippen molar-refractivity contribution >= 4 is 22.6 Å². The number of H-pyrrole nitrogens is 1. The molecule has 1 fully saturated rings. The number of benzene rings is 1. The van der Waals surface area contributed by atoms with Gasteiger partial charge in [-0.1, -0.05) is 0 Å². The van der Waals surface area contributed by atoms with Crippen LogP contribution in [0.4, 0.5) is 5.82 Å². The number of aryl methyl sites for hydroxylation is 1. The van der Waals surface area contributed by atoms with Crippen LogP contribution >= 0.6 is 0 Å². The third-order valence-corrected chi connectivity index (χ3v) is 4.82. The van der Waals surface area contributed by atoms with E-state index in [1.54, 1.807) is 18.3 Å². The maximum atomic E-state index is 12.8. The molecule has 0 unspecified atom stereocenters. The molecular formula is C18H19N7O. The number of carbonyl (C=O) groups excluding carboxylic acids is 1. The molecule has 0 atom stereocenters. The summed E-state index contributed by atoms with van der Waals surface area (Å²) >= 11 is 0. The summed E-state index contributed by atoms with van der Waals surface area (Å²) in [6, 6.07) is 7.71. The van der Waals surface area contributed by atoms with Crippen molar-refractivity contribution in [3.63, 3.8) is 0 Å². The number of amides is 1. The Morgan fingerprint density at radius 1 is 1.38 bits per heavy atom. The standard InChI is InChI=1S/C18H19N7O/c1-11-8-14-15(9-12(11)10-19)23-24-17(14)22-18(26)16-4-7-21-25(16)13-2-5-20-6-3-13/h4,7-9,13,20H,2-3,5-6H2,1H3,(H2,22,23,24,26). The number of hydrogen-bond donors (Lipinski definition) is 3. The lowest BCUT2D eigenvalue weighted by Gasteiger charge is -2.24. The number of hydrogen-bond acceptors (Lipinski definition) is 5. The van der Waals surface area contributed by atoms with E-state index in [1.165, 1.54) is 0 Å². The average Bonchev–Trinajstić information content (AvgIpc) is 3.29. The van der Waals surface area contributed by atoms with Crippen LogP contribution in [0.15, 0.2) is 24.4 Å². The lowest BCUT2D eigenvalue weighted by molar-refractivity contribution is 0.101. The number of fused-ring (bicyclic) bond motifs is 1. The van der Waals surface area contributed by atoms with E-state index in [0.29, 0.717) is 22.6 Å². The Kier molecular flexibility index (Phi) is 4.14. The maximum Gasteiger partial charge on any atom is 0.275 e. The van der Waals surface area contributed by atoms with Gasteiger partial charge in [0, 0.05) is 11.6 Å². The monoisotopic (exact) mass is 349 g/mol. The van der Waals surface area contributed by atoms with Crippen LogP contribution in [0.5, 0.6) is 0 Å². The molecule has 8 nitrogen and oxygen atoms in total. The summed E-state index contributed by atoms with van der Waals surface area (Å²) in [6.07, 6.45) is 3.55. The smallest absolute Gasteiger partial charge is 0.275 e. The third kappa shape index (κ3) is 2.82. The number of anilines is 1. The van der Waals surface area contributed by atoms with Gasteiger partial charge in [0.2, 0.25) is 0 Å². The highest BCUT2D eigenvalue weighted by atomic mass is 16.2. The number of nitrogens with zero attached hydrogens (tertiary/aromatic N) is 4. The number of rotatable bonds is 3. The maximum absolute atomic E-state index is 12.8. The Bertz CT molecular complexity index is 1000. The number of nitrogens with one attached hydrogen (secondary N) is 3. The fourth-order valence-corrected chi connectivity index (χ4v) is 3.40. The molecule has 1 aliphatic heterocycles. The predicted molar refractivity (Wildman–Crippen MR) is 96.9 cm³/mol. The summed E-state index contributed by atoms with van der Waals surface area (Å²) < 4.78 is 1.81. The van der Waals surface area contributed by atoms with Gasteiger partial charge < -0.3 is 10.6 Å². The van der Waals surface area contributed by atoms with Gasteiger partial charge in [-0.25, -0.2) is 0 Å². The molecule has 26 heavy (non-hydrogen) atoms. The molecule has 4 rings (SSSR count). The van der Waals surface area contributed by atoms with Crippen LogP contribution in [0, 0.1) is 18.3 Å². The SMILES string of the molecule is Cc1cc2c(NC(=O)c3ccnn3C3CCNCC3)n[nH]c2cc1C#N. The Hall–Kier alpha value is -3.18. The topological polar surface area (TPSA) is 111 Å². The van der Waals surface area contributed by atoms with Gasteiger partial charge in [-0.05, 0) is 56.6 Å². The minimum Gasteiger partial charge on any atom is -0.317 e. The fourth-order valence-electron chi connectivity index (χ4n) is 3.40. The molecule has 0 saturated carbocycles. The molecule has 1 saturated heterocycles. The van der Waals surface area contributed by atoms with Crippen LogP contribution in [0.25, 0.3) is 10.9 Å². The van der Waals surface area contributed by atoms with E-state index in [2.05, 4.69) is 32.0 Å². The van der Waals surface area contributed by atoms with Gasteiger partial charge in [0.25, 0.3) is 5.91 Å². The molecule has 1 aromatic carbocycles. The molecule has 0 bridgehead atoms. The van der Waals surface area contributed by atoms with Crippen molar-refractivity contribution in [2.45, 2.75) is 25.8 Å². The van der Waals surface area contributed by atoms with Crippen molar-refractivity contribution in [2.75, 3.05) is 18.4 Å². The first kappa shape index (κ1) is 16.3. The summed E-state index contributed by atoms with van der Waals surface area (Å²) in [5.74, 6) is 0.215. The van der Waals surface area contributed by atoms with Crippen LogP contribution in [-0.2, 0) is 0 Å². The molecule has 3 aromatic rings. The van der Waals surface area contributed by atoms with Gasteiger partial charge in [-0.3, -0.25) is 14.6 Å². The zero-order valence-electron chi connectivity index (χ0n) is 14.4. The van der Waals surface area contributed by atoms with Crippen molar-refractivity contribution in [1.29, 1.82) is 5.26 Å². The molecule has 1 aliphatic rings. The third-order valence-electron chi connectivity index (χ3n) is 4.82. The highest BCUT2D eigenvalue weighted by Crippen LogP contribution is 2.25. The largest absolute Gasteiger partial charge is 0.317 e. The molecule has 3 N–H and O–H groups in total. The van der Waals surface area contributed by atoms with E-state index in [9.17, 15) is 4.79 Å². The number of piperidine rings is 1. The van der Waals surface area contributed by atoms with Gasteiger partial charge in [0.05, 0.1) is 23.2 Å². The van der Waals surface area contributed by atoms with Gasteiger partial charge in [-0.2, -0.15) is 15.5 Å². The summed E-state index contributed by atoms with van der Waals surface area (Å²) in [4.78, 5) is 12.8. The number of aromatic amines is 1. The molecule has 1 amide bonds. The second kappa shape index (κ2) is 6.61. The van der Waals surface area contributed by atoms with E-state index >= 15 is 0 Å². The second-order valence-electron chi connectivity index (χ2n) is 6.49. The van der Waals surface area contributed by atoms with E-state index in [0.717, 1.165) is 36.9 Å². The Labute approximate surface area is 150 Å². The highest BCUT2D eigenvalue weighted by Gasteiger charge is 2.22. The molecule has 0 radical (unpaired) electrons. The Morgan fingerprint density at radius 3 is 2.96 bits per heavy atom. The van der Waals surface area contributed by atoms with E-state index in [1.807, 2.05) is 17.7 Å². The summed E-state index contributed by atoms with van der Waals surface area (Å²) in [5.41, 5.74) is 2.67. The van der Waals surface area contributed by atoms with Gasteiger partial charge in [0.1, 0.15) is 5.69 Å². The second-order valence-corrected chi connectivity index (χ2v) is 6.49. The van der Waals surface area contributed by atoms with Crippen LogP contribution in [0.1, 0.15) is 40.5 Å². The molecule has 3 heterocycles. The van der Waals surface area contributed by atoms with Gasteiger partial charge in [0.15, 0.2) is 5.82 Å². The number of aromatic nitrogens is 4. The van der Waals surface area contributed by atoms with Crippen molar-refractivity contribution in [3.05, 3.63) is 41.2 Å². The van der Waals surface area contributed by atoms with E-state index < -0.39 is 0 Å². The molecule has 132 valence electrons. The molecular weight excluding hydrogens is 330 g/mol. The summed E-state index contributed by atoms with van der Waals surface area (Å²) in [6.45, 7) is 3.72. The van der Waals surface area contributed by atoms with Gasteiger partial charge >= 0.3 is 0 Å². The van der Waals surface area contributed by atoms with Crippen LogP contribution in [0.3, 0.4) is 0 Å². The fraction of sp³-hybridized carbons (Fsp3) is 0.333. The predicted octanol–water partition coefficient (Wildman–Crippen LogP) is 2.12. The summed E-state index contributed by atoms with van der Waals surface area (Å²) in [5, 5.41) is 27.5. The Morgan fingerprint density at radius 2 is 2.19 bits per heavy atom. The van der Waals surface area contributed by atoms with Crippen LogP contribution < -0.4 is 10.6 Å². The lowest BCUT2D eigenvalue weighted by atomic mass is 10.1. The number of nitriles is 1. The zero-order valence-corrected chi connectivity index (χ0v) is 14.4. The van der Waals surface area contributed by atoms with Crippen molar-refractivity contribution < 1.29 is 4.79 Å². The molecule has 8 heteroatoms. The minimum atomic E-state index is -0.239. The van der Waals surface area contributed by atoms with Crippen molar-refractivity contribution in [3.8, 4) is 6.07 Å². The first-order valence-electron chi connectivity index (χ1n) is 8.62. The first-order chi connectivity index (χ1) is 12.7. The minimum absolute atomic E-state index is 0.225. The Balaban J connectivity index is 1.61. The normalized spacial score (nSPS) is 15.1. The first-order valence-corrected chi connectivity index (χ1v) is 8.62. The van der Waals surface area contributed by atoms with E-state index in [4.69, 9.17) is 5.26 Å². The van der Waals surface area contributed by atoms with Crippen molar-refractivity contribution in [1.82, 2.24) is 25.3 Å². The van der Waals surface area contributed by atoms with Crippen LogP contribution in [-0.4, -0.2) is 39.0 Å². The van der Waals surface area contributed by atoms with Crippen LogP contribution in [0.2, 0.25) is 0 Å². The molecule has 0 aliphatic carbocycles. The van der Waals surface area contributed by atoms with Gasteiger partial charge in [-0.15, -0.1) is 0 Å². The number of carbonyl (C=O) groups is 1. The average molecular weight is 349 g/mol.